The zero-order valence-corrected chi connectivity index (χ0v) is 22.0. The monoisotopic (exact) mass is 540 g/mol. The molecule has 0 radical (unpaired) electrons. The zero-order chi connectivity index (χ0) is 28.4. The Bertz CT molecular complexity index is 1160. The summed E-state index contributed by atoms with van der Waals surface area (Å²) in [5.41, 5.74) is 0.334. The zero-order valence-electron chi connectivity index (χ0n) is 22.0. The molecule has 39 heavy (non-hydrogen) atoms. The molecular weight excluding hydrogens is 508 g/mol. The van der Waals surface area contributed by atoms with E-state index in [1.54, 1.807) is 36.4 Å². The van der Waals surface area contributed by atoms with Gasteiger partial charge in [-0.2, -0.15) is 0 Å². The minimum Gasteiger partial charge on any atom is -0.469 e. The molecule has 0 saturated heterocycles. The van der Waals surface area contributed by atoms with E-state index in [0.29, 0.717) is 42.9 Å². The van der Waals surface area contributed by atoms with Gasteiger partial charge in [-0.1, -0.05) is 18.2 Å². The predicted octanol–water partition coefficient (Wildman–Crippen LogP) is 3.13. The fraction of sp³-hybridized carbons (Fsp3) is 0.393. The fourth-order valence-electron chi connectivity index (χ4n) is 4.23. The van der Waals surface area contributed by atoms with E-state index in [-0.39, 0.29) is 17.9 Å². The second-order valence-corrected chi connectivity index (χ2v) is 9.07. The van der Waals surface area contributed by atoms with Gasteiger partial charge in [0.25, 0.3) is 11.8 Å². The largest absolute Gasteiger partial charge is 0.469 e. The third-order valence-electron chi connectivity index (χ3n) is 6.09. The molecule has 2 N–H and O–H groups in total. The Labute approximate surface area is 226 Å². The van der Waals surface area contributed by atoms with Crippen LogP contribution in [-0.2, 0) is 38.2 Å². The molecule has 0 bridgehead atoms. The summed E-state index contributed by atoms with van der Waals surface area (Å²) in [4.78, 5) is 61.7. The number of anilines is 1. The Morgan fingerprint density at radius 1 is 0.744 bits per heavy atom. The van der Waals surface area contributed by atoms with Crippen LogP contribution in [0.2, 0.25) is 0 Å². The van der Waals surface area contributed by atoms with Crippen LogP contribution >= 0.6 is 0 Å². The number of rotatable bonds is 10. The van der Waals surface area contributed by atoms with Gasteiger partial charge in [0.2, 0.25) is 12.2 Å². The number of hydrogen-bond donors (Lipinski definition) is 2. The number of ether oxygens (including phenoxy) is 4. The lowest BCUT2D eigenvalue weighted by Crippen LogP contribution is -2.53. The average molecular weight is 541 g/mol. The van der Waals surface area contributed by atoms with Crippen LogP contribution in [0.25, 0.3) is 0 Å². The average Bonchev–Trinajstić information content (AvgIpc) is 2.92. The lowest BCUT2D eigenvalue weighted by molar-refractivity contribution is -0.173. The van der Waals surface area contributed by atoms with E-state index in [0.717, 1.165) is 13.8 Å². The van der Waals surface area contributed by atoms with Crippen molar-refractivity contribution in [1.82, 2.24) is 5.32 Å². The van der Waals surface area contributed by atoms with Gasteiger partial charge in [0, 0.05) is 25.6 Å². The van der Waals surface area contributed by atoms with Gasteiger partial charge in [-0.15, -0.1) is 0 Å². The molecule has 208 valence electrons. The summed E-state index contributed by atoms with van der Waals surface area (Å²) in [5, 5.41) is 5.33. The van der Waals surface area contributed by atoms with Crippen molar-refractivity contribution in [2.45, 2.75) is 57.8 Å². The molecule has 11 nitrogen and oxygen atoms in total. The summed E-state index contributed by atoms with van der Waals surface area (Å²) >= 11 is 0. The van der Waals surface area contributed by atoms with Crippen LogP contribution < -0.4 is 15.4 Å². The van der Waals surface area contributed by atoms with Crippen molar-refractivity contribution < 1.29 is 42.9 Å². The summed E-state index contributed by atoms with van der Waals surface area (Å²) in [6.45, 7) is 2.16. The maximum atomic E-state index is 13.2. The van der Waals surface area contributed by atoms with E-state index in [9.17, 15) is 24.0 Å². The van der Waals surface area contributed by atoms with Gasteiger partial charge in [0.05, 0.1) is 13.0 Å². The summed E-state index contributed by atoms with van der Waals surface area (Å²) in [6, 6.07) is 15.2. The first kappa shape index (κ1) is 29.2. The van der Waals surface area contributed by atoms with E-state index >= 15 is 0 Å². The maximum Gasteiger partial charge on any atom is 0.308 e. The van der Waals surface area contributed by atoms with Crippen LogP contribution in [0.3, 0.4) is 0 Å². The molecule has 2 aromatic rings. The van der Waals surface area contributed by atoms with Crippen LogP contribution in [0.15, 0.2) is 54.6 Å². The van der Waals surface area contributed by atoms with Gasteiger partial charge in [0.15, 0.2) is 0 Å². The molecular formula is C28H32N2O9. The number of amides is 2. The first-order valence-corrected chi connectivity index (χ1v) is 12.5. The Balaban J connectivity index is 1.69. The standard InChI is InChI=1S/C28H32N2O9/c1-17(31)37-24(26(33)29-20-11-9-19(10-12-20)28(35)36-3)25(38-18(2)32)27(34)30-21-13-15-23(16-14-21)39-22-7-5-4-6-8-22/h4-8,13-16,19-20,24-25H,9-12H2,1-3H3,(H,29,33)(H,30,34). The number of carbonyl (C=O) groups is 5. The highest BCUT2D eigenvalue weighted by Gasteiger charge is 2.40. The van der Waals surface area contributed by atoms with Gasteiger partial charge in [0.1, 0.15) is 11.5 Å². The third-order valence-corrected chi connectivity index (χ3v) is 6.09. The lowest BCUT2D eigenvalue weighted by atomic mass is 9.86. The Hall–Kier alpha value is -4.41. The Kier molecular flexibility index (Phi) is 10.4. The highest BCUT2D eigenvalue weighted by atomic mass is 16.6. The minimum atomic E-state index is -1.75. The topological polar surface area (TPSA) is 146 Å². The molecule has 3 rings (SSSR count). The molecule has 2 unspecified atom stereocenters. The van der Waals surface area contributed by atoms with E-state index in [4.69, 9.17) is 18.9 Å². The van der Waals surface area contributed by atoms with Gasteiger partial charge in [-0.3, -0.25) is 24.0 Å². The van der Waals surface area contributed by atoms with E-state index in [2.05, 4.69) is 10.6 Å². The van der Waals surface area contributed by atoms with Gasteiger partial charge >= 0.3 is 17.9 Å². The second-order valence-electron chi connectivity index (χ2n) is 9.07. The molecule has 1 fully saturated rings. The number of nitrogens with one attached hydrogen (secondary N) is 2. The fourth-order valence-corrected chi connectivity index (χ4v) is 4.23. The molecule has 1 aliphatic carbocycles. The van der Waals surface area contributed by atoms with Crippen LogP contribution in [0.5, 0.6) is 11.5 Å². The van der Waals surface area contributed by atoms with Gasteiger partial charge in [-0.05, 0) is 62.1 Å². The Morgan fingerprint density at radius 2 is 1.28 bits per heavy atom. The van der Waals surface area contributed by atoms with Crippen molar-refractivity contribution in [3.05, 3.63) is 54.6 Å². The molecule has 2 amide bonds. The number of carbonyl (C=O) groups excluding carboxylic acids is 5. The smallest absolute Gasteiger partial charge is 0.308 e. The molecule has 0 spiro atoms. The number of benzene rings is 2. The number of para-hydroxylation sites is 1. The number of methoxy groups -OCH3 is 1. The number of esters is 3. The lowest BCUT2D eigenvalue weighted by Gasteiger charge is -2.30. The molecule has 0 aromatic heterocycles. The summed E-state index contributed by atoms with van der Waals surface area (Å²) in [7, 11) is 1.33. The summed E-state index contributed by atoms with van der Waals surface area (Å²) < 4.78 is 20.8. The van der Waals surface area contributed by atoms with Crippen LogP contribution in [0.1, 0.15) is 39.5 Å². The molecule has 11 heteroatoms. The van der Waals surface area contributed by atoms with Crippen LogP contribution in [0, 0.1) is 5.92 Å². The molecule has 1 aliphatic rings. The molecule has 2 aromatic carbocycles. The van der Waals surface area contributed by atoms with Crippen molar-refractivity contribution in [2.75, 3.05) is 12.4 Å². The highest BCUT2D eigenvalue weighted by Crippen LogP contribution is 2.26. The summed E-state index contributed by atoms with van der Waals surface area (Å²) in [5.74, 6) is -2.73. The third kappa shape index (κ3) is 8.84. The van der Waals surface area contributed by atoms with Crippen LogP contribution in [0.4, 0.5) is 5.69 Å². The van der Waals surface area contributed by atoms with Crippen molar-refractivity contribution >= 4 is 35.4 Å². The molecule has 0 aliphatic heterocycles. The van der Waals surface area contributed by atoms with Crippen molar-refractivity contribution in [3.8, 4) is 11.5 Å². The highest BCUT2D eigenvalue weighted by molar-refractivity contribution is 6.00. The molecule has 1 saturated carbocycles. The maximum absolute atomic E-state index is 13.2. The Morgan fingerprint density at radius 3 is 1.82 bits per heavy atom. The first-order chi connectivity index (χ1) is 18.7. The minimum absolute atomic E-state index is 0.253. The van der Waals surface area contributed by atoms with Crippen molar-refractivity contribution in [1.29, 1.82) is 0 Å². The van der Waals surface area contributed by atoms with E-state index in [1.807, 2.05) is 18.2 Å². The number of hydrogen-bond acceptors (Lipinski definition) is 9. The quantitative estimate of drug-likeness (QED) is 0.343. The summed E-state index contributed by atoms with van der Waals surface area (Å²) in [6.07, 6.45) is -1.50. The van der Waals surface area contributed by atoms with Gasteiger partial charge in [-0.25, -0.2) is 0 Å². The van der Waals surface area contributed by atoms with E-state index < -0.39 is 36.0 Å². The second kappa shape index (κ2) is 13.9. The first-order valence-electron chi connectivity index (χ1n) is 12.5. The van der Waals surface area contributed by atoms with Crippen molar-refractivity contribution in [3.63, 3.8) is 0 Å². The van der Waals surface area contributed by atoms with Crippen LogP contribution in [-0.4, -0.2) is 55.1 Å². The SMILES string of the molecule is COC(=O)C1CCC(NC(=O)C(OC(C)=O)C(OC(C)=O)C(=O)Nc2ccc(Oc3ccccc3)cc2)CC1. The molecule has 0 heterocycles. The predicted molar refractivity (Wildman–Crippen MR) is 139 cm³/mol. The van der Waals surface area contributed by atoms with Gasteiger partial charge < -0.3 is 29.6 Å². The van der Waals surface area contributed by atoms with Crippen molar-refractivity contribution in [2.24, 2.45) is 5.92 Å². The normalized spacial score (nSPS) is 18.0. The molecule has 2 atom stereocenters. The van der Waals surface area contributed by atoms with E-state index in [1.165, 1.54) is 7.11 Å².